The van der Waals surface area contributed by atoms with Crippen LogP contribution in [0.4, 0.5) is 0 Å². The summed E-state index contributed by atoms with van der Waals surface area (Å²) in [4.78, 5) is 13.0. The van der Waals surface area contributed by atoms with Crippen LogP contribution in [0.15, 0.2) is 0 Å². The van der Waals surface area contributed by atoms with Crippen LogP contribution < -0.4 is 5.73 Å². The first-order valence-corrected chi connectivity index (χ1v) is 5.31. The van der Waals surface area contributed by atoms with Gasteiger partial charge in [0.2, 0.25) is 5.91 Å². The van der Waals surface area contributed by atoms with E-state index in [9.17, 15) is 4.79 Å². The minimum Gasteiger partial charge on any atom is -0.376 e. The Morgan fingerprint density at radius 1 is 1.64 bits per heavy atom. The van der Waals surface area contributed by atoms with Crippen LogP contribution in [0.25, 0.3) is 0 Å². The normalized spacial score (nSPS) is 22.4. The van der Waals surface area contributed by atoms with Crippen LogP contribution in [0.2, 0.25) is 0 Å². The van der Waals surface area contributed by atoms with E-state index in [-0.39, 0.29) is 12.0 Å². The number of hydrogen-bond donors (Lipinski definition) is 1. The Morgan fingerprint density at radius 3 is 3.07 bits per heavy atom. The summed E-state index contributed by atoms with van der Waals surface area (Å²) in [6.45, 7) is 4.63. The Kier molecular flexibility index (Phi) is 4.90. The van der Waals surface area contributed by atoms with Crippen molar-refractivity contribution in [1.29, 1.82) is 0 Å². The molecule has 2 N–H and O–H groups in total. The van der Waals surface area contributed by atoms with Crippen LogP contribution in [0, 0.1) is 0 Å². The molecule has 0 saturated carbocycles. The molecule has 1 rings (SSSR count). The van der Waals surface area contributed by atoms with Crippen molar-refractivity contribution in [3.05, 3.63) is 0 Å². The molecule has 1 heterocycles. The van der Waals surface area contributed by atoms with Crippen molar-refractivity contribution in [1.82, 2.24) is 4.90 Å². The maximum atomic E-state index is 11.1. The van der Waals surface area contributed by atoms with Gasteiger partial charge in [-0.3, -0.25) is 4.79 Å². The molecule has 82 valence electrons. The zero-order chi connectivity index (χ0) is 10.4. The number of amides is 1. The van der Waals surface area contributed by atoms with E-state index in [1.807, 2.05) is 4.90 Å². The lowest BCUT2D eigenvalue weighted by molar-refractivity contribution is -0.132. The lowest BCUT2D eigenvalue weighted by Gasteiger charge is -2.31. The number of likely N-dealkylation sites (tertiary alicyclic amines) is 1. The van der Waals surface area contributed by atoms with Crippen LogP contribution in [-0.2, 0) is 9.53 Å². The number of ether oxygens (including phenoxy) is 1. The van der Waals surface area contributed by atoms with Gasteiger partial charge in [0, 0.05) is 26.6 Å². The predicted molar refractivity (Wildman–Crippen MR) is 54.9 cm³/mol. The standard InChI is InChI=1S/C10H20N2O2/c1-9(13)12-6-2-4-10(8-12)14-7-3-5-11/h10H,2-8,11H2,1H3. The number of piperidine rings is 1. The van der Waals surface area contributed by atoms with Crippen LogP contribution >= 0.6 is 0 Å². The second kappa shape index (κ2) is 5.98. The van der Waals surface area contributed by atoms with Gasteiger partial charge in [-0.1, -0.05) is 0 Å². The van der Waals surface area contributed by atoms with E-state index < -0.39 is 0 Å². The van der Waals surface area contributed by atoms with Crippen molar-refractivity contribution in [2.45, 2.75) is 32.3 Å². The fraction of sp³-hybridized carbons (Fsp3) is 0.900. The van der Waals surface area contributed by atoms with Crippen molar-refractivity contribution in [2.75, 3.05) is 26.2 Å². The smallest absolute Gasteiger partial charge is 0.219 e. The summed E-state index contributed by atoms with van der Waals surface area (Å²) in [5, 5.41) is 0. The molecule has 1 unspecified atom stereocenters. The van der Waals surface area contributed by atoms with Gasteiger partial charge >= 0.3 is 0 Å². The molecular formula is C10H20N2O2. The summed E-state index contributed by atoms with van der Waals surface area (Å²) >= 11 is 0. The molecule has 0 aromatic carbocycles. The van der Waals surface area contributed by atoms with Gasteiger partial charge in [-0.2, -0.15) is 0 Å². The maximum Gasteiger partial charge on any atom is 0.219 e. The quantitative estimate of drug-likeness (QED) is 0.667. The SMILES string of the molecule is CC(=O)N1CCCC(OCCCN)C1. The van der Waals surface area contributed by atoms with Gasteiger partial charge in [0.15, 0.2) is 0 Å². The zero-order valence-electron chi connectivity index (χ0n) is 8.87. The number of carbonyl (C=O) groups is 1. The summed E-state index contributed by atoms with van der Waals surface area (Å²) in [5.74, 6) is 0.150. The van der Waals surface area contributed by atoms with Crippen molar-refractivity contribution >= 4 is 5.91 Å². The van der Waals surface area contributed by atoms with Crippen molar-refractivity contribution < 1.29 is 9.53 Å². The molecule has 1 aliphatic heterocycles. The summed E-state index contributed by atoms with van der Waals surface area (Å²) in [6.07, 6.45) is 3.23. The summed E-state index contributed by atoms with van der Waals surface area (Å²) < 4.78 is 5.63. The maximum absolute atomic E-state index is 11.1. The molecule has 4 heteroatoms. The van der Waals surface area contributed by atoms with Crippen molar-refractivity contribution in [3.8, 4) is 0 Å². The van der Waals surface area contributed by atoms with E-state index in [1.165, 1.54) is 0 Å². The highest BCUT2D eigenvalue weighted by Gasteiger charge is 2.21. The number of nitrogens with two attached hydrogens (primary N) is 1. The summed E-state index contributed by atoms with van der Waals surface area (Å²) in [5.41, 5.74) is 5.38. The molecule has 1 atom stereocenters. The lowest BCUT2D eigenvalue weighted by Crippen LogP contribution is -2.42. The number of rotatable bonds is 4. The van der Waals surface area contributed by atoms with Gasteiger partial charge in [-0.05, 0) is 25.8 Å². The van der Waals surface area contributed by atoms with E-state index in [0.717, 1.165) is 32.4 Å². The topological polar surface area (TPSA) is 55.6 Å². The van der Waals surface area contributed by atoms with Gasteiger partial charge < -0.3 is 15.4 Å². The molecule has 1 amide bonds. The summed E-state index contributed by atoms with van der Waals surface area (Å²) in [7, 11) is 0. The first-order chi connectivity index (χ1) is 6.74. The van der Waals surface area contributed by atoms with E-state index in [4.69, 9.17) is 10.5 Å². The molecule has 0 aromatic heterocycles. The summed E-state index contributed by atoms with van der Waals surface area (Å²) in [6, 6.07) is 0. The Labute approximate surface area is 85.4 Å². The fourth-order valence-corrected chi connectivity index (χ4v) is 1.69. The number of carbonyl (C=O) groups excluding carboxylic acids is 1. The molecule has 0 radical (unpaired) electrons. The van der Waals surface area contributed by atoms with E-state index in [2.05, 4.69) is 0 Å². The Bertz CT molecular complexity index is 185. The second-order valence-electron chi connectivity index (χ2n) is 3.74. The molecule has 0 aromatic rings. The van der Waals surface area contributed by atoms with Crippen LogP contribution in [-0.4, -0.2) is 43.2 Å². The van der Waals surface area contributed by atoms with Crippen LogP contribution in [0.3, 0.4) is 0 Å². The number of hydrogen-bond acceptors (Lipinski definition) is 3. The van der Waals surface area contributed by atoms with E-state index in [1.54, 1.807) is 6.92 Å². The molecule has 1 fully saturated rings. The third-order valence-corrected chi connectivity index (χ3v) is 2.53. The monoisotopic (exact) mass is 200 g/mol. The minimum absolute atomic E-state index is 0.150. The van der Waals surface area contributed by atoms with Gasteiger partial charge in [0.25, 0.3) is 0 Å². The van der Waals surface area contributed by atoms with Gasteiger partial charge in [-0.25, -0.2) is 0 Å². The third kappa shape index (κ3) is 3.64. The second-order valence-corrected chi connectivity index (χ2v) is 3.74. The van der Waals surface area contributed by atoms with E-state index in [0.29, 0.717) is 13.2 Å². The lowest BCUT2D eigenvalue weighted by atomic mass is 10.1. The Balaban J connectivity index is 2.22. The third-order valence-electron chi connectivity index (χ3n) is 2.53. The Hall–Kier alpha value is -0.610. The van der Waals surface area contributed by atoms with Crippen LogP contribution in [0.1, 0.15) is 26.2 Å². The average molecular weight is 200 g/mol. The van der Waals surface area contributed by atoms with E-state index >= 15 is 0 Å². The fourth-order valence-electron chi connectivity index (χ4n) is 1.69. The highest BCUT2D eigenvalue weighted by molar-refractivity contribution is 5.73. The highest BCUT2D eigenvalue weighted by atomic mass is 16.5. The Morgan fingerprint density at radius 2 is 2.43 bits per heavy atom. The zero-order valence-corrected chi connectivity index (χ0v) is 8.87. The number of nitrogens with zero attached hydrogens (tertiary/aromatic N) is 1. The molecular weight excluding hydrogens is 180 g/mol. The molecule has 14 heavy (non-hydrogen) atoms. The molecule has 1 aliphatic rings. The van der Waals surface area contributed by atoms with Crippen LogP contribution in [0.5, 0.6) is 0 Å². The molecule has 4 nitrogen and oxygen atoms in total. The minimum atomic E-state index is 0.150. The molecule has 1 saturated heterocycles. The van der Waals surface area contributed by atoms with Gasteiger partial charge in [-0.15, -0.1) is 0 Å². The molecule has 0 aliphatic carbocycles. The first-order valence-electron chi connectivity index (χ1n) is 5.31. The highest BCUT2D eigenvalue weighted by Crippen LogP contribution is 2.13. The van der Waals surface area contributed by atoms with Crippen molar-refractivity contribution in [2.24, 2.45) is 5.73 Å². The largest absolute Gasteiger partial charge is 0.376 e. The molecule has 0 bridgehead atoms. The van der Waals surface area contributed by atoms with Gasteiger partial charge in [0.05, 0.1) is 6.10 Å². The van der Waals surface area contributed by atoms with Gasteiger partial charge in [0.1, 0.15) is 0 Å². The van der Waals surface area contributed by atoms with Crippen molar-refractivity contribution in [3.63, 3.8) is 0 Å². The molecule has 0 spiro atoms. The predicted octanol–water partition coefficient (Wildman–Crippen LogP) is 0.363. The first kappa shape index (κ1) is 11.5. The average Bonchev–Trinajstić information content (AvgIpc) is 2.19.